The average Bonchev–Trinajstić information content (AvgIpc) is 2.57. The number of nitrogens with zero attached hydrogens (tertiary/aromatic N) is 1. The fraction of sp³-hybridized carbons (Fsp3) is 0.294. The topological polar surface area (TPSA) is 51.2 Å². The van der Waals surface area contributed by atoms with Crippen molar-refractivity contribution in [3.63, 3.8) is 0 Å². The summed E-state index contributed by atoms with van der Waals surface area (Å²) in [5.74, 6) is 1.01. The summed E-state index contributed by atoms with van der Waals surface area (Å²) in [7, 11) is 1.61. The zero-order valence-electron chi connectivity index (χ0n) is 12.9. The third kappa shape index (κ3) is 5.86. The normalized spacial score (nSPS) is 11.9. The summed E-state index contributed by atoms with van der Waals surface area (Å²) in [6.07, 6.45) is 1.70. The van der Waals surface area contributed by atoms with E-state index in [9.17, 15) is 4.79 Å². The minimum absolute atomic E-state index is 0.0465. The Bertz CT molecular complexity index is 625. The summed E-state index contributed by atoms with van der Waals surface area (Å²) in [6, 6.07) is 13.0. The molecule has 1 heterocycles. The molecule has 0 bridgehead atoms. The maximum Gasteiger partial charge on any atom is 0.230 e. The molecule has 23 heavy (non-hydrogen) atoms. The van der Waals surface area contributed by atoms with Gasteiger partial charge in [-0.25, -0.2) is 0 Å². The number of pyridine rings is 1. The predicted molar refractivity (Wildman–Crippen MR) is 94.6 cm³/mol. The van der Waals surface area contributed by atoms with Crippen LogP contribution in [0.5, 0.6) is 0 Å². The van der Waals surface area contributed by atoms with E-state index in [0.29, 0.717) is 18.1 Å². The number of hydrogen-bond donors (Lipinski definition) is 1. The van der Waals surface area contributed by atoms with Gasteiger partial charge in [-0.05, 0) is 23.8 Å². The Kier molecular flexibility index (Phi) is 7.39. The molecule has 1 N–H and O–H groups in total. The number of ether oxygens (including phenoxy) is 1. The first-order valence-electron chi connectivity index (χ1n) is 7.21. The second-order valence-electron chi connectivity index (χ2n) is 4.91. The number of amides is 1. The molecule has 0 radical (unpaired) electrons. The van der Waals surface area contributed by atoms with E-state index >= 15 is 0 Å². The summed E-state index contributed by atoms with van der Waals surface area (Å²) in [5.41, 5.74) is 1.82. The minimum Gasteiger partial charge on any atom is -0.382 e. The maximum absolute atomic E-state index is 12.1. The van der Waals surface area contributed by atoms with Crippen LogP contribution in [-0.4, -0.2) is 30.4 Å². The van der Waals surface area contributed by atoms with Gasteiger partial charge in [0.05, 0.1) is 24.1 Å². The Morgan fingerprint density at radius 2 is 2.09 bits per heavy atom. The van der Waals surface area contributed by atoms with Gasteiger partial charge >= 0.3 is 0 Å². The van der Waals surface area contributed by atoms with Gasteiger partial charge in [0, 0.05) is 24.1 Å². The number of nitrogens with one attached hydrogen (secondary N) is 1. The fourth-order valence-corrected chi connectivity index (χ4v) is 3.18. The first-order chi connectivity index (χ1) is 11.2. The molecular weight excluding hydrogens is 332 g/mol. The Balaban J connectivity index is 1.84. The molecule has 4 nitrogen and oxygen atoms in total. The Morgan fingerprint density at radius 3 is 2.78 bits per heavy atom. The quantitative estimate of drug-likeness (QED) is 0.792. The SMILES string of the molecule is COCC(NC(=O)CSCc1ccccc1Cl)c1ccccn1. The second kappa shape index (κ2) is 9.55. The molecule has 1 atom stereocenters. The lowest BCUT2D eigenvalue weighted by molar-refractivity contribution is -0.119. The summed E-state index contributed by atoms with van der Waals surface area (Å²) >= 11 is 7.63. The number of methoxy groups -OCH3 is 1. The van der Waals surface area contributed by atoms with Crippen LogP contribution in [0.1, 0.15) is 17.3 Å². The molecule has 0 saturated carbocycles. The van der Waals surface area contributed by atoms with Crippen molar-refractivity contribution in [1.29, 1.82) is 0 Å². The van der Waals surface area contributed by atoms with E-state index < -0.39 is 0 Å². The van der Waals surface area contributed by atoms with Gasteiger partial charge in [-0.2, -0.15) is 0 Å². The van der Waals surface area contributed by atoms with Crippen molar-refractivity contribution < 1.29 is 9.53 Å². The van der Waals surface area contributed by atoms with Gasteiger partial charge in [0.15, 0.2) is 0 Å². The highest BCUT2D eigenvalue weighted by atomic mass is 35.5. The summed E-state index contributed by atoms with van der Waals surface area (Å²) < 4.78 is 5.17. The number of halogens is 1. The molecule has 2 aromatic rings. The van der Waals surface area contributed by atoms with Gasteiger partial charge in [0.25, 0.3) is 0 Å². The van der Waals surface area contributed by atoms with Crippen LogP contribution < -0.4 is 5.32 Å². The highest BCUT2D eigenvalue weighted by Crippen LogP contribution is 2.20. The molecule has 1 aromatic carbocycles. The van der Waals surface area contributed by atoms with Gasteiger partial charge in [-0.15, -0.1) is 11.8 Å². The Labute approximate surface area is 145 Å². The number of thioether (sulfide) groups is 1. The van der Waals surface area contributed by atoms with Crippen molar-refractivity contribution in [1.82, 2.24) is 10.3 Å². The van der Waals surface area contributed by atoms with Crippen LogP contribution in [0.2, 0.25) is 5.02 Å². The molecule has 122 valence electrons. The number of hydrogen-bond acceptors (Lipinski definition) is 4. The lowest BCUT2D eigenvalue weighted by atomic mass is 10.2. The van der Waals surface area contributed by atoms with Gasteiger partial charge in [0.2, 0.25) is 5.91 Å². The van der Waals surface area contributed by atoms with Crippen LogP contribution in [0.25, 0.3) is 0 Å². The number of aromatic nitrogens is 1. The first-order valence-corrected chi connectivity index (χ1v) is 8.74. The average molecular weight is 351 g/mol. The second-order valence-corrected chi connectivity index (χ2v) is 6.31. The van der Waals surface area contributed by atoms with Crippen LogP contribution in [0.4, 0.5) is 0 Å². The zero-order valence-corrected chi connectivity index (χ0v) is 14.4. The highest BCUT2D eigenvalue weighted by Gasteiger charge is 2.15. The lowest BCUT2D eigenvalue weighted by Gasteiger charge is -2.17. The number of carbonyl (C=O) groups excluding carboxylic acids is 1. The molecule has 6 heteroatoms. The van der Waals surface area contributed by atoms with Gasteiger partial charge in [-0.1, -0.05) is 35.9 Å². The number of benzene rings is 1. The molecule has 0 aliphatic rings. The van der Waals surface area contributed by atoms with Crippen molar-refractivity contribution in [3.05, 3.63) is 64.9 Å². The van der Waals surface area contributed by atoms with Crippen molar-refractivity contribution in [2.75, 3.05) is 19.5 Å². The van der Waals surface area contributed by atoms with Gasteiger partial charge in [0.1, 0.15) is 0 Å². The zero-order chi connectivity index (χ0) is 16.5. The molecular formula is C17H19ClN2O2S. The predicted octanol–water partition coefficient (Wildman–Crippen LogP) is 3.47. The standard InChI is InChI=1S/C17H19ClN2O2S/c1-22-10-16(15-8-4-5-9-19-15)20-17(21)12-23-11-13-6-2-3-7-14(13)18/h2-9,16H,10-12H2,1H3,(H,20,21). The molecule has 0 aliphatic heterocycles. The summed E-state index contributed by atoms with van der Waals surface area (Å²) in [5, 5.41) is 3.68. The smallest absolute Gasteiger partial charge is 0.230 e. The van der Waals surface area contributed by atoms with E-state index in [1.807, 2.05) is 42.5 Å². The van der Waals surface area contributed by atoms with Crippen LogP contribution in [0.15, 0.2) is 48.7 Å². The van der Waals surface area contributed by atoms with Crippen molar-refractivity contribution in [3.8, 4) is 0 Å². The van der Waals surface area contributed by atoms with Gasteiger partial charge in [-0.3, -0.25) is 9.78 Å². The summed E-state index contributed by atoms with van der Waals surface area (Å²) in [4.78, 5) is 16.4. The molecule has 0 aliphatic carbocycles. The minimum atomic E-state index is -0.241. The van der Waals surface area contributed by atoms with Gasteiger partial charge < -0.3 is 10.1 Å². The molecule has 1 amide bonds. The van der Waals surface area contributed by atoms with Crippen molar-refractivity contribution in [2.24, 2.45) is 0 Å². The summed E-state index contributed by atoms with van der Waals surface area (Å²) in [6.45, 7) is 0.387. The maximum atomic E-state index is 12.1. The van der Waals surface area contributed by atoms with Crippen molar-refractivity contribution >= 4 is 29.3 Å². The molecule has 0 saturated heterocycles. The van der Waals surface area contributed by atoms with E-state index in [1.165, 1.54) is 11.8 Å². The molecule has 1 aromatic heterocycles. The van der Waals surface area contributed by atoms with Crippen LogP contribution >= 0.6 is 23.4 Å². The number of carbonyl (C=O) groups is 1. The van der Waals surface area contributed by atoms with Crippen LogP contribution in [-0.2, 0) is 15.3 Å². The molecule has 0 fully saturated rings. The first kappa shape index (κ1) is 17.8. The Hall–Kier alpha value is -1.56. The third-order valence-electron chi connectivity index (χ3n) is 3.16. The third-order valence-corrected chi connectivity index (χ3v) is 4.51. The van der Waals surface area contributed by atoms with E-state index in [2.05, 4.69) is 10.3 Å². The Morgan fingerprint density at radius 1 is 1.30 bits per heavy atom. The van der Waals surface area contributed by atoms with E-state index in [4.69, 9.17) is 16.3 Å². The molecule has 2 rings (SSSR count). The highest BCUT2D eigenvalue weighted by molar-refractivity contribution is 7.99. The van der Waals surface area contributed by atoms with Crippen molar-refractivity contribution in [2.45, 2.75) is 11.8 Å². The van der Waals surface area contributed by atoms with E-state index in [-0.39, 0.29) is 11.9 Å². The molecule has 0 spiro atoms. The molecule has 1 unspecified atom stereocenters. The van der Waals surface area contributed by atoms with Crippen LogP contribution in [0, 0.1) is 0 Å². The monoisotopic (exact) mass is 350 g/mol. The largest absolute Gasteiger partial charge is 0.382 e. The lowest BCUT2D eigenvalue weighted by Crippen LogP contribution is -2.33. The number of rotatable bonds is 8. The fourth-order valence-electron chi connectivity index (χ4n) is 2.05. The van der Waals surface area contributed by atoms with E-state index in [0.717, 1.165) is 16.3 Å². The van der Waals surface area contributed by atoms with Crippen LogP contribution in [0.3, 0.4) is 0 Å². The van der Waals surface area contributed by atoms with E-state index in [1.54, 1.807) is 13.3 Å².